The first-order valence-electron chi connectivity index (χ1n) is 11.7. The van der Waals surface area contributed by atoms with Crippen molar-refractivity contribution in [3.63, 3.8) is 0 Å². The highest BCUT2D eigenvalue weighted by molar-refractivity contribution is 9.10. The number of para-hydroxylation sites is 1. The zero-order valence-corrected chi connectivity index (χ0v) is 20.3. The molecular formula is C26H31BrN4O. The van der Waals surface area contributed by atoms with Gasteiger partial charge in [-0.3, -0.25) is 19.3 Å². The lowest BCUT2D eigenvalue weighted by molar-refractivity contribution is 0.179. The average molecular weight is 495 g/mol. The molecule has 6 heteroatoms. The molecule has 2 aliphatic rings. The van der Waals surface area contributed by atoms with Gasteiger partial charge in [0.1, 0.15) is 4.47 Å². The molecule has 32 heavy (non-hydrogen) atoms. The van der Waals surface area contributed by atoms with E-state index in [-0.39, 0.29) is 5.56 Å². The molecule has 2 aromatic carbocycles. The summed E-state index contributed by atoms with van der Waals surface area (Å²) in [5, 5.41) is 0. The topological polar surface area (TPSA) is 33.4 Å². The maximum Gasteiger partial charge on any atom is 0.286 e. The molecule has 1 saturated heterocycles. The van der Waals surface area contributed by atoms with Crippen LogP contribution in [0.4, 0.5) is 0 Å². The standard InChI is InChI=1S/C26H31BrN4O/c1-28-24(25(27)26(32)31(28)21-11-3-2-4-12-21)19-29-15-8-16-30(18-17-29)23-14-7-10-20-9-5-6-13-22(20)23/h2-6,9,11-13,23H,7-8,10,14-19H2,1H3. The molecule has 168 valence electrons. The SMILES string of the molecule is Cn1c(CN2CCCN(C3CCCc4ccccc43)CC2)c(Br)c(=O)n1-c1ccccc1. The lowest BCUT2D eigenvalue weighted by Crippen LogP contribution is -2.35. The normalized spacial score (nSPS) is 20.1. The minimum absolute atomic E-state index is 0.00367. The van der Waals surface area contributed by atoms with Gasteiger partial charge in [0.15, 0.2) is 0 Å². The first-order chi connectivity index (χ1) is 15.6. The van der Waals surface area contributed by atoms with Crippen LogP contribution in [0.25, 0.3) is 5.69 Å². The average Bonchev–Trinajstić information content (AvgIpc) is 2.98. The Morgan fingerprint density at radius 1 is 0.938 bits per heavy atom. The molecule has 0 saturated carbocycles. The lowest BCUT2D eigenvalue weighted by Gasteiger charge is -2.35. The van der Waals surface area contributed by atoms with Crippen LogP contribution in [0.15, 0.2) is 63.9 Å². The van der Waals surface area contributed by atoms with Gasteiger partial charge >= 0.3 is 0 Å². The Balaban J connectivity index is 1.32. The number of benzene rings is 2. The van der Waals surface area contributed by atoms with Gasteiger partial charge in [0.05, 0.1) is 11.4 Å². The number of hydrogen-bond donors (Lipinski definition) is 0. The van der Waals surface area contributed by atoms with Gasteiger partial charge in [0.25, 0.3) is 5.56 Å². The van der Waals surface area contributed by atoms with Gasteiger partial charge in [-0.1, -0.05) is 42.5 Å². The van der Waals surface area contributed by atoms with Crippen LogP contribution in [0.5, 0.6) is 0 Å². The van der Waals surface area contributed by atoms with E-state index in [0.29, 0.717) is 10.5 Å². The molecule has 1 aliphatic carbocycles. The first-order valence-corrected chi connectivity index (χ1v) is 12.5. The van der Waals surface area contributed by atoms with Crippen molar-refractivity contribution in [3.05, 3.63) is 86.2 Å². The van der Waals surface area contributed by atoms with E-state index < -0.39 is 0 Å². The number of rotatable bonds is 4. The number of halogens is 1. The summed E-state index contributed by atoms with van der Waals surface area (Å²) in [5.74, 6) is 0. The van der Waals surface area contributed by atoms with Crippen molar-refractivity contribution in [1.82, 2.24) is 19.2 Å². The highest BCUT2D eigenvalue weighted by Crippen LogP contribution is 2.34. The van der Waals surface area contributed by atoms with Crippen molar-refractivity contribution >= 4 is 15.9 Å². The van der Waals surface area contributed by atoms with Crippen LogP contribution in [0.3, 0.4) is 0 Å². The second kappa shape index (κ2) is 9.38. The van der Waals surface area contributed by atoms with Crippen LogP contribution in [0.1, 0.15) is 42.1 Å². The molecule has 1 aromatic heterocycles. The maximum absolute atomic E-state index is 13.0. The Morgan fingerprint density at radius 3 is 2.56 bits per heavy atom. The van der Waals surface area contributed by atoms with Crippen LogP contribution in [-0.4, -0.2) is 45.3 Å². The molecule has 1 atom stereocenters. The lowest BCUT2D eigenvalue weighted by atomic mass is 9.87. The van der Waals surface area contributed by atoms with Crippen LogP contribution >= 0.6 is 15.9 Å². The molecule has 5 nitrogen and oxygen atoms in total. The van der Waals surface area contributed by atoms with Gasteiger partial charge < -0.3 is 0 Å². The summed E-state index contributed by atoms with van der Waals surface area (Å²) in [6.07, 6.45) is 4.91. The third-order valence-electron chi connectivity index (χ3n) is 7.10. The molecule has 3 aromatic rings. The van der Waals surface area contributed by atoms with Gasteiger partial charge in [-0.2, -0.15) is 0 Å². The summed E-state index contributed by atoms with van der Waals surface area (Å²) in [7, 11) is 1.98. The predicted octanol–water partition coefficient (Wildman–Crippen LogP) is 4.52. The third-order valence-corrected chi connectivity index (χ3v) is 7.90. The summed E-state index contributed by atoms with van der Waals surface area (Å²) in [6.45, 7) is 5.07. The molecule has 2 heterocycles. The highest BCUT2D eigenvalue weighted by Gasteiger charge is 2.28. The fourth-order valence-electron chi connectivity index (χ4n) is 5.43. The van der Waals surface area contributed by atoms with Crippen molar-refractivity contribution in [3.8, 4) is 5.69 Å². The molecule has 0 radical (unpaired) electrons. The maximum atomic E-state index is 13.0. The molecule has 0 spiro atoms. The summed E-state index contributed by atoms with van der Waals surface area (Å²) in [5.41, 5.74) is 5.01. The van der Waals surface area contributed by atoms with Crippen LogP contribution in [0.2, 0.25) is 0 Å². The number of fused-ring (bicyclic) bond motifs is 1. The molecule has 0 N–H and O–H groups in total. The van der Waals surface area contributed by atoms with Crippen molar-refractivity contribution in [2.24, 2.45) is 7.05 Å². The quantitative estimate of drug-likeness (QED) is 0.534. The minimum Gasteiger partial charge on any atom is -0.296 e. The summed E-state index contributed by atoms with van der Waals surface area (Å²) in [4.78, 5) is 18.2. The molecule has 0 bridgehead atoms. The van der Waals surface area contributed by atoms with Gasteiger partial charge in [0.2, 0.25) is 0 Å². The highest BCUT2D eigenvalue weighted by atomic mass is 79.9. The van der Waals surface area contributed by atoms with Gasteiger partial charge in [-0.15, -0.1) is 0 Å². The first kappa shape index (κ1) is 21.7. The van der Waals surface area contributed by atoms with E-state index in [2.05, 4.69) is 50.0 Å². The van der Waals surface area contributed by atoms with E-state index in [4.69, 9.17) is 0 Å². The van der Waals surface area contributed by atoms with Crippen LogP contribution in [0, 0.1) is 0 Å². The number of hydrogen-bond acceptors (Lipinski definition) is 3. The molecule has 5 rings (SSSR count). The van der Waals surface area contributed by atoms with Gasteiger partial charge in [-0.25, -0.2) is 4.68 Å². The zero-order valence-electron chi connectivity index (χ0n) is 18.7. The summed E-state index contributed by atoms with van der Waals surface area (Å²) in [6, 6.07) is 19.4. The molecule has 0 amide bonds. The number of aryl methyl sites for hydroxylation is 1. The third kappa shape index (κ3) is 4.12. The zero-order chi connectivity index (χ0) is 22.1. The van der Waals surface area contributed by atoms with Crippen molar-refractivity contribution in [2.45, 2.75) is 38.3 Å². The monoisotopic (exact) mass is 494 g/mol. The van der Waals surface area contributed by atoms with E-state index in [1.165, 1.54) is 30.4 Å². The number of aromatic nitrogens is 2. The largest absolute Gasteiger partial charge is 0.296 e. The van der Waals surface area contributed by atoms with Crippen molar-refractivity contribution in [2.75, 3.05) is 26.2 Å². The Morgan fingerprint density at radius 2 is 1.72 bits per heavy atom. The van der Waals surface area contributed by atoms with Crippen LogP contribution in [-0.2, 0) is 20.0 Å². The van der Waals surface area contributed by atoms with Gasteiger partial charge in [-0.05, 0) is 71.4 Å². The second-order valence-electron chi connectivity index (χ2n) is 9.01. The smallest absolute Gasteiger partial charge is 0.286 e. The Bertz CT molecular complexity index is 1140. The molecule has 1 fully saturated rings. The predicted molar refractivity (Wildman–Crippen MR) is 132 cm³/mol. The fourth-order valence-corrected chi connectivity index (χ4v) is 5.98. The summed E-state index contributed by atoms with van der Waals surface area (Å²) < 4.78 is 4.43. The van der Waals surface area contributed by atoms with Crippen molar-refractivity contribution < 1.29 is 0 Å². The molecule has 1 aliphatic heterocycles. The Hall–Kier alpha value is -2.15. The minimum atomic E-state index is 0.00367. The van der Waals surface area contributed by atoms with E-state index in [9.17, 15) is 4.79 Å². The summed E-state index contributed by atoms with van der Waals surface area (Å²) >= 11 is 3.60. The Kier molecular flexibility index (Phi) is 6.35. The van der Waals surface area contributed by atoms with E-state index >= 15 is 0 Å². The van der Waals surface area contributed by atoms with E-state index in [1.54, 1.807) is 4.68 Å². The van der Waals surface area contributed by atoms with Crippen LogP contribution < -0.4 is 5.56 Å². The molecule has 1 unspecified atom stereocenters. The van der Waals surface area contributed by atoms with Crippen molar-refractivity contribution in [1.29, 1.82) is 0 Å². The van der Waals surface area contributed by atoms with E-state index in [1.807, 2.05) is 42.1 Å². The second-order valence-corrected chi connectivity index (χ2v) is 9.80. The fraction of sp³-hybridized carbons (Fsp3) is 0.423. The molecular weight excluding hydrogens is 464 g/mol. The van der Waals surface area contributed by atoms with Gasteiger partial charge in [0, 0.05) is 39.3 Å². The van der Waals surface area contributed by atoms with E-state index in [0.717, 1.165) is 50.5 Å². The number of nitrogens with zero attached hydrogens (tertiary/aromatic N) is 4. The Labute approximate surface area is 198 Å².